The maximum absolute atomic E-state index is 12.4. The quantitative estimate of drug-likeness (QED) is 0.410. The van der Waals surface area contributed by atoms with E-state index < -0.39 is 10.0 Å². The van der Waals surface area contributed by atoms with E-state index >= 15 is 0 Å². The summed E-state index contributed by atoms with van der Waals surface area (Å²) in [6, 6.07) is 18.9. The highest BCUT2D eigenvalue weighted by Crippen LogP contribution is 2.29. The summed E-state index contributed by atoms with van der Waals surface area (Å²) < 4.78 is 31.7. The number of rotatable bonds is 9. The van der Waals surface area contributed by atoms with Crippen LogP contribution >= 0.6 is 23.2 Å². The molecule has 0 unspecified atom stereocenters. The summed E-state index contributed by atoms with van der Waals surface area (Å²) in [4.78, 5) is 12.4. The van der Waals surface area contributed by atoms with Crippen LogP contribution in [0.3, 0.4) is 0 Å². The fourth-order valence-electron chi connectivity index (χ4n) is 3.15. The first kappa shape index (κ1) is 24.9. The number of carbonyl (C=O) groups excluding carboxylic acids is 1. The van der Waals surface area contributed by atoms with E-state index in [-0.39, 0.29) is 12.5 Å². The van der Waals surface area contributed by atoms with E-state index in [4.69, 9.17) is 27.9 Å². The van der Waals surface area contributed by atoms with Crippen LogP contribution in [-0.2, 0) is 16.6 Å². The predicted molar refractivity (Wildman–Crippen MR) is 133 cm³/mol. The van der Waals surface area contributed by atoms with Gasteiger partial charge in [-0.15, -0.1) is 0 Å². The van der Waals surface area contributed by atoms with Crippen LogP contribution in [0.15, 0.2) is 66.7 Å². The molecule has 0 radical (unpaired) electrons. The van der Waals surface area contributed by atoms with Crippen molar-refractivity contribution >= 4 is 44.8 Å². The van der Waals surface area contributed by atoms with Crippen LogP contribution in [0.25, 0.3) is 0 Å². The predicted octanol–water partition coefficient (Wildman–Crippen LogP) is 5.08. The zero-order valence-electron chi connectivity index (χ0n) is 18.2. The molecule has 0 spiro atoms. The SMILES string of the molecule is Cc1cccc(OCCNC(=O)c2ccc(N(Cc3c(Cl)cccc3Cl)S(C)(=O)=O)cc2)c1. The standard InChI is InChI=1S/C24H24Cl2N2O4S/c1-17-5-3-6-20(15-17)32-14-13-27-24(29)18-9-11-19(12-10-18)28(33(2,30)31)16-21-22(25)7-4-8-23(21)26/h3-12,15H,13-14,16H2,1-2H3,(H,27,29). The zero-order chi connectivity index (χ0) is 24.0. The summed E-state index contributed by atoms with van der Waals surface area (Å²) in [5, 5.41) is 3.54. The molecule has 3 aromatic carbocycles. The van der Waals surface area contributed by atoms with Crippen molar-refractivity contribution in [1.82, 2.24) is 5.32 Å². The number of hydrogen-bond acceptors (Lipinski definition) is 4. The van der Waals surface area contributed by atoms with E-state index in [0.717, 1.165) is 17.6 Å². The summed E-state index contributed by atoms with van der Waals surface area (Å²) in [5.41, 5.74) is 2.39. The van der Waals surface area contributed by atoms with Crippen molar-refractivity contribution < 1.29 is 17.9 Å². The van der Waals surface area contributed by atoms with E-state index in [2.05, 4.69) is 5.32 Å². The van der Waals surface area contributed by atoms with Crippen LogP contribution in [0.1, 0.15) is 21.5 Å². The Morgan fingerprint density at radius 2 is 1.64 bits per heavy atom. The molecule has 0 bridgehead atoms. The van der Waals surface area contributed by atoms with Crippen molar-refractivity contribution in [2.75, 3.05) is 23.7 Å². The molecule has 0 aliphatic rings. The monoisotopic (exact) mass is 506 g/mol. The van der Waals surface area contributed by atoms with Crippen LogP contribution in [0, 0.1) is 6.92 Å². The van der Waals surface area contributed by atoms with Crippen molar-refractivity contribution in [2.24, 2.45) is 0 Å². The largest absolute Gasteiger partial charge is 0.492 e. The number of carbonyl (C=O) groups is 1. The average Bonchev–Trinajstić information content (AvgIpc) is 2.76. The van der Waals surface area contributed by atoms with Gasteiger partial charge in [0.2, 0.25) is 10.0 Å². The van der Waals surface area contributed by atoms with Crippen LogP contribution in [0.2, 0.25) is 10.0 Å². The Balaban J connectivity index is 1.64. The summed E-state index contributed by atoms with van der Waals surface area (Å²) in [7, 11) is -3.63. The van der Waals surface area contributed by atoms with Gasteiger partial charge in [-0.1, -0.05) is 41.4 Å². The van der Waals surface area contributed by atoms with Crippen LogP contribution in [0.4, 0.5) is 5.69 Å². The van der Waals surface area contributed by atoms with Gasteiger partial charge >= 0.3 is 0 Å². The van der Waals surface area contributed by atoms with Gasteiger partial charge in [0.15, 0.2) is 0 Å². The number of aryl methyl sites for hydroxylation is 1. The Morgan fingerprint density at radius 1 is 1.00 bits per heavy atom. The summed E-state index contributed by atoms with van der Waals surface area (Å²) in [6.07, 6.45) is 1.10. The number of benzene rings is 3. The molecule has 1 N–H and O–H groups in total. The first-order chi connectivity index (χ1) is 15.6. The molecule has 0 saturated heterocycles. The highest BCUT2D eigenvalue weighted by molar-refractivity contribution is 7.92. The van der Waals surface area contributed by atoms with Gasteiger partial charge < -0.3 is 10.1 Å². The number of halogens is 2. The van der Waals surface area contributed by atoms with E-state index in [1.54, 1.807) is 42.5 Å². The van der Waals surface area contributed by atoms with Crippen molar-refractivity contribution in [3.05, 3.63) is 93.5 Å². The van der Waals surface area contributed by atoms with Crippen molar-refractivity contribution in [3.8, 4) is 5.75 Å². The van der Waals surface area contributed by atoms with E-state index in [1.807, 2.05) is 31.2 Å². The number of amides is 1. The van der Waals surface area contributed by atoms with Gasteiger partial charge in [0.25, 0.3) is 5.91 Å². The number of nitrogens with one attached hydrogen (secondary N) is 1. The molecule has 6 nitrogen and oxygen atoms in total. The molecule has 0 aromatic heterocycles. The minimum absolute atomic E-state index is 0.0286. The molecule has 0 heterocycles. The van der Waals surface area contributed by atoms with Gasteiger partial charge in [0.1, 0.15) is 12.4 Å². The van der Waals surface area contributed by atoms with Gasteiger partial charge in [-0.05, 0) is 61.0 Å². The van der Waals surface area contributed by atoms with Crippen molar-refractivity contribution in [1.29, 1.82) is 0 Å². The molecule has 3 rings (SSSR count). The summed E-state index contributed by atoms with van der Waals surface area (Å²) >= 11 is 12.4. The number of nitrogens with zero attached hydrogens (tertiary/aromatic N) is 1. The van der Waals surface area contributed by atoms with E-state index in [0.29, 0.717) is 40.0 Å². The first-order valence-electron chi connectivity index (χ1n) is 10.1. The van der Waals surface area contributed by atoms with E-state index in [9.17, 15) is 13.2 Å². The molecule has 0 fully saturated rings. The molecule has 33 heavy (non-hydrogen) atoms. The maximum Gasteiger partial charge on any atom is 0.251 e. The minimum atomic E-state index is -3.63. The molecule has 174 valence electrons. The molecule has 0 aliphatic heterocycles. The second kappa shape index (κ2) is 10.9. The second-order valence-corrected chi connectivity index (χ2v) is 10.2. The molecular formula is C24H24Cl2N2O4S. The smallest absolute Gasteiger partial charge is 0.251 e. The maximum atomic E-state index is 12.4. The highest BCUT2D eigenvalue weighted by atomic mass is 35.5. The van der Waals surface area contributed by atoms with Crippen molar-refractivity contribution in [3.63, 3.8) is 0 Å². The number of sulfonamides is 1. The molecule has 0 aliphatic carbocycles. The topological polar surface area (TPSA) is 75.7 Å². The Hall–Kier alpha value is -2.74. The normalized spacial score (nSPS) is 11.2. The van der Waals surface area contributed by atoms with Crippen LogP contribution in [-0.4, -0.2) is 33.7 Å². The van der Waals surface area contributed by atoms with Gasteiger partial charge in [0.05, 0.1) is 25.0 Å². The Labute approximate surface area is 204 Å². The van der Waals surface area contributed by atoms with Gasteiger partial charge in [0, 0.05) is 21.2 Å². The second-order valence-electron chi connectivity index (χ2n) is 7.44. The Bertz CT molecular complexity index is 1210. The third kappa shape index (κ3) is 6.87. The Kier molecular flexibility index (Phi) is 8.24. The van der Waals surface area contributed by atoms with E-state index in [1.165, 1.54) is 4.31 Å². The molecule has 3 aromatic rings. The highest BCUT2D eigenvalue weighted by Gasteiger charge is 2.21. The van der Waals surface area contributed by atoms with Gasteiger partial charge in [-0.3, -0.25) is 9.10 Å². The Morgan fingerprint density at radius 3 is 2.24 bits per heavy atom. The lowest BCUT2D eigenvalue weighted by Crippen LogP contribution is -2.30. The zero-order valence-corrected chi connectivity index (χ0v) is 20.5. The molecule has 0 atom stereocenters. The molecule has 1 amide bonds. The first-order valence-corrected chi connectivity index (χ1v) is 12.7. The molecule has 0 saturated carbocycles. The summed E-state index contributed by atoms with van der Waals surface area (Å²) in [6.45, 7) is 2.61. The third-order valence-electron chi connectivity index (χ3n) is 4.83. The lowest BCUT2D eigenvalue weighted by atomic mass is 10.1. The lowest BCUT2D eigenvalue weighted by Gasteiger charge is -2.23. The van der Waals surface area contributed by atoms with Crippen molar-refractivity contribution in [2.45, 2.75) is 13.5 Å². The minimum Gasteiger partial charge on any atom is -0.492 e. The van der Waals surface area contributed by atoms with Crippen LogP contribution in [0.5, 0.6) is 5.75 Å². The number of hydrogen-bond donors (Lipinski definition) is 1. The summed E-state index contributed by atoms with van der Waals surface area (Å²) in [5.74, 6) is 0.461. The average molecular weight is 507 g/mol. The molecule has 9 heteroatoms. The third-order valence-corrected chi connectivity index (χ3v) is 6.68. The lowest BCUT2D eigenvalue weighted by molar-refractivity contribution is 0.0947. The van der Waals surface area contributed by atoms with Gasteiger partial charge in [-0.25, -0.2) is 8.42 Å². The fourth-order valence-corrected chi connectivity index (χ4v) is 4.53. The molecular weight excluding hydrogens is 483 g/mol. The number of ether oxygens (including phenoxy) is 1. The fraction of sp³-hybridized carbons (Fsp3) is 0.208. The van der Waals surface area contributed by atoms with Crippen LogP contribution < -0.4 is 14.4 Å². The van der Waals surface area contributed by atoms with Gasteiger partial charge in [-0.2, -0.15) is 0 Å². The number of anilines is 1.